The van der Waals surface area contributed by atoms with Gasteiger partial charge in [0.25, 0.3) is 5.91 Å². The van der Waals surface area contributed by atoms with Crippen LogP contribution in [0.2, 0.25) is 0 Å². The van der Waals surface area contributed by atoms with Crippen LogP contribution in [0.5, 0.6) is 5.75 Å². The Morgan fingerprint density at radius 3 is 2.63 bits per heavy atom. The standard InChI is InChI=1S/C15H23NO3/c1-10(2)8-16-15(18)12(4)19-14-11(3)6-5-7-13(14)9-17/h5-7,10,12,17H,8-9H2,1-4H3,(H,16,18). The van der Waals surface area contributed by atoms with Gasteiger partial charge in [-0.05, 0) is 25.3 Å². The number of carbonyl (C=O) groups excluding carboxylic acids is 1. The summed E-state index contributed by atoms with van der Waals surface area (Å²) in [5.74, 6) is 0.862. The minimum Gasteiger partial charge on any atom is -0.480 e. The van der Waals surface area contributed by atoms with E-state index in [4.69, 9.17) is 4.74 Å². The number of ether oxygens (including phenoxy) is 1. The van der Waals surface area contributed by atoms with Gasteiger partial charge in [-0.15, -0.1) is 0 Å². The highest BCUT2D eigenvalue weighted by molar-refractivity contribution is 5.80. The Labute approximate surface area is 114 Å². The number of benzene rings is 1. The number of amides is 1. The van der Waals surface area contributed by atoms with Gasteiger partial charge in [-0.3, -0.25) is 4.79 Å². The van der Waals surface area contributed by atoms with Crippen LogP contribution in [0.1, 0.15) is 31.9 Å². The molecule has 1 unspecified atom stereocenters. The smallest absolute Gasteiger partial charge is 0.260 e. The molecule has 0 heterocycles. The summed E-state index contributed by atoms with van der Waals surface area (Å²) in [6, 6.07) is 5.55. The maximum Gasteiger partial charge on any atom is 0.260 e. The van der Waals surface area contributed by atoms with Crippen LogP contribution in [0, 0.1) is 12.8 Å². The third-order valence-corrected chi connectivity index (χ3v) is 2.81. The first-order valence-corrected chi connectivity index (χ1v) is 6.59. The molecule has 1 aromatic carbocycles. The zero-order chi connectivity index (χ0) is 14.4. The Balaban J connectivity index is 2.71. The van der Waals surface area contributed by atoms with E-state index in [9.17, 15) is 9.90 Å². The minimum absolute atomic E-state index is 0.0999. The predicted octanol–water partition coefficient (Wildman–Crippen LogP) is 2.03. The highest BCUT2D eigenvalue weighted by atomic mass is 16.5. The molecule has 0 saturated heterocycles. The first-order chi connectivity index (χ1) is 8.95. The molecule has 0 spiro atoms. The lowest BCUT2D eigenvalue weighted by Gasteiger charge is -2.19. The molecule has 0 aliphatic carbocycles. The second kappa shape index (κ2) is 7.14. The van der Waals surface area contributed by atoms with E-state index >= 15 is 0 Å². The van der Waals surface area contributed by atoms with Crippen LogP contribution in [0.3, 0.4) is 0 Å². The van der Waals surface area contributed by atoms with Crippen LogP contribution < -0.4 is 10.1 Å². The van der Waals surface area contributed by atoms with Crippen LogP contribution in [-0.4, -0.2) is 23.7 Å². The van der Waals surface area contributed by atoms with Crippen molar-refractivity contribution in [3.05, 3.63) is 29.3 Å². The average molecular weight is 265 g/mol. The molecule has 0 aliphatic heterocycles. The van der Waals surface area contributed by atoms with Gasteiger partial charge in [0, 0.05) is 12.1 Å². The van der Waals surface area contributed by atoms with Crippen LogP contribution >= 0.6 is 0 Å². The van der Waals surface area contributed by atoms with Crippen molar-refractivity contribution in [1.29, 1.82) is 0 Å². The summed E-state index contributed by atoms with van der Waals surface area (Å²) in [7, 11) is 0. The molecule has 0 aromatic heterocycles. The van der Waals surface area contributed by atoms with Gasteiger partial charge in [0.2, 0.25) is 0 Å². The van der Waals surface area contributed by atoms with Crippen molar-refractivity contribution in [3.63, 3.8) is 0 Å². The maximum atomic E-state index is 11.9. The van der Waals surface area contributed by atoms with E-state index in [1.165, 1.54) is 0 Å². The zero-order valence-electron chi connectivity index (χ0n) is 12.1. The average Bonchev–Trinajstić information content (AvgIpc) is 2.37. The fourth-order valence-corrected chi connectivity index (χ4v) is 1.69. The van der Waals surface area contributed by atoms with Crippen LogP contribution in [-0.2, 0) is 11.4 Å². The number of rotatable bonds is 6. The fraction of sp³-hybridized carbons (Fsp3) is 0.533. The molecule has 0 radical (unpaired) electrons. The number of carbonyl (C=O) groups is 1. The normalized spacial score (nSPS) is 12.3. The zero-order valence-corrected chi connectivity index (χ0v) is 12.1. The van der Waals surface area contributed by atoms with Crippen molar-refractivity contribution in [3.8, 4) is 5.75 Å². The SMILES string of the molecule is Cc1cccc(CO)c1OC(C)C(=O)NCC(C)C. The van der Waals surface area contributed by atoms with Gasteiger partial charge >= 0.3 is 0 Å². The van der Waals surface area contributed by atoms with Crippen LogP contribution in [0.15, 0.2) is 18.2 Å². The van der Waals surface area contributed by atoms with Gasteiger partial charge in [-0.25, -0.2) is 0 Å². The lowest BCUT2D eigenvalue weighted by Crippen LogP contribution is -2.38. The van der Waals surface area contributed by atoms with Gasteiger partial charge in [0.1, 0.15) is 5.75 Å². The molecule has 1 atom stereocenters. The Bertz CT molecular complexity index is 429. The highest BCUT2D eigenvalue weighted by Gasteiger charge is 2.17. The summed E-state index contributed by atoms with van der Waals surface area (Å²) >= 11 is 0. The molecular weight excluding hydrogens is 242 g/mol. The lowest BCUT2D eigenvalue weighted by atomic mass is 10.1. The van der Waals surface area contributed by atoms with E-state index in [0.717, 1.165) is 5.56 Å². The predicted molar refractivity (Wildman–Crippen MR) is 75.0 cm³/mol. The molecule has 0 aliphatic rings. The number of aryl methyl sites for hydroxylation is 1. The molecule has 0 bridgehead atoms. The van der Waals surface area contributed by atoms with Crippen LogP contribution in [0.25, 0.3) is 0 Å². The molecule has 4 heteroatoms. The first kappa shape index (κ1) is 15.5. The summed E-state index contributed by atoms with van der Waals surface area (Å²) in [5.41, 5.74) is 1.61. The van der Waals surface area contributed by atoms with Gasteiger partial charge in [0.05, 0.1) is 6.61 Å². The van der Waals surface area contributed by atoms with Gasteiger partial charge in [-0.1, -0.05) is 32.0 Å². The first-order valence-electron chi connectivity index (χ1n) is 6.59. The van der Waals surface area contributed by atoms with Crippen molar-refractivity contribution in [2.75, 3.05) is 6.54 Å². The van der Waals surface area contributed by atoms with Crippen molar-refractivity contribution in [2.24, 2.45) is 5.92 Å². The lowest BCUT2D eigenvalue weighted by molar-refractivity contribution is -0.127. The second-order valence-electron chi connectivity index (χ2n) is 5.12. The van der Waals surface area contributed by atoms with E-state index in [-0.39, 0.29) is 12.5 Å². The number of aliphatic hydroxyl groups excluding tert-OH is 1. The van der Waals surface area contributed by atoms with Gasteiger partial charge in [0.15, 0.2) is 6.10 Å². The number of hydrogen-bond donors (Lipinski definition) is 2. The minimum atomic E-state index is -0.579. The van der Waals surface area contributed by atoms with Gasteiger partial charge < -0.3 is 15.2 Å². The molecule has 106 valence electrons. The van der Waals surface area contributed by atoms with E-state index < -0.39 is 6.10 Å². The number of aliphatic hydroxyl groups is 1. The van der Waals surface area contributed by atoms with Crippen molar-refractivity contribution < 1.29 is 14.6 Å². The molecule has 2 N–H and O–H groups in total. The summed E-state index contributed by atoms with van der Waals surface area (Å²) in [6.07, 6.45) is -0.579. The Kier molecular flexibility index (Phi) is 5.83. The van der Waals surface area contributed by atoms with Crippen molar-refractivity contribution >= 4 is 5.91 Å². The quantitative estimate of drug-likeness (QED) is 0.827. The molecule has 1 amide bonds. The molecule has 4 nitrogen and oxygen atoms in total. The third kappa shape index (κ3) is 4.56. The third-order valence-electron chi connectivity index (χ3n) is 2.81. The summed E-state index contributed by atoms with van der Waals surface area (Å²) in [6.45, 7) is 8.22. The molecule has 1 aromatic rings. The largest absolute Gasteiger partial charge is 0.480 e. The van der Waals surface area contributed by atoms with E-state index in [0.29, 0.717) is 23.8 Å². The maximum absolute atomic E-state index is 11.9. The molecular formula is C15H23NO3. The number of para-hydroxylation sites is 1. The Hall–Kier alpha value is -1.55. The van der Waals surface area contributed by atoms with E-state index in [1.54, 1.807) is 13.0 Å². The Morgan fingerprint density at radius 2 is 2.05 bits per heavy atom. The molecule has 19 heavy (non-hydrogen) atoms. The second-order valence-corrected chi connectivity index (χ2v) is 5.12. The monoisotopic (exact) mass is 265 g/mol. The number of nitrogens with one attached hydrogen (secondary N) is 1. The summed E-state index contributed by atoms with van der Waals surface area (Å²) in [5, 5.41) is 12.1. The molecule has 1 rings (SSSR count). The van der Waals surface area contributed by atoms with Gasteiger partial charge in [-0.2, -0.15) is 0 Å². The molecule has 0 saturated carbocycles. The summed E-state index contributed by atoms with van der Waals surface area (Å²) < 4.78 is 5.69. The molecule has 0 fully saturated rings. The summed E-state index contributed by atoms with van der Waals surface area (Å²) in [4.78, 5) is 11.9. The Morgan fingerprint density at radius 1 is 1.37 bits per heavy atom. The van der Waals surface area contributed by atoms with Crippen LogP contribution in [0.4, 0.5) is 0 Å². The van der Waals surface area contributed by atoms with E-state index in [1.807, 2.05) is 32.9 Å². The highest BCUT2D eigenvalue weighted by Crippen LogP contribution is 2.24. The van der Waals surface area contributed by atoms with E-state index in [2.05, 4.69) is 5.32 Å². The van der Waals surface area contributed by atoms with Crippen molar-refractivity contribution in [2.45, 2.75) is 40.4 Å². The number of hydrogen-bond acceptors (Lipinski definition) is 3. The van der Waals surface area contributed by atoms with Crippen molar-refractivity contribution in [1.82, 2.24) is 5.32 Å². The topological polar surface area (TPSA) is 58.6 Å². The fourth-order valence-electron chi connectivity index (χ4n) is 1.69.